The van der Waals surface area contributed by atoms with Gasteiger partial charge in [-0.3, -0.25) is 4.79 Å². The van der Waals surface area contributed by atoms with Gasteiger partial charge in [-0.2, -0.15) is 0 Å². The molecule has 110 valence electrons. The van der Waals surface area contributed by atoms with Crippen molar-refractivity contribution < 1.29 is 14.7 Å². The van der Waals surface area contributed by atoms with Crippen LogP contribution in [-0.2, 0) is 0 Å². The normalized spacial score (nSPS) is 11.9. The lowest BCUT2D eigenvalue weighted by molar-refractivity contribution is 0.0697. The van der Waals surface area contributed by atoms with Crippen molar-refractivity contribution in [1.82, 2.24) is 5.32 Å². The number of carboxylic acids is 1. The molecule has 4 heteroatoms. The first-order valence-electron chi connectivity index (χ1n) is 7.18. The van der Waals surface area contributed by atoms with Crippen molar-refractivity contribution in [2.75, 3.05) is 0 Å². The molecular weight excluding hydrogens is 254 g/mol. The summed E-state index contributed by atoms with van der Waals surface area (Å²) >= 11 is 0. The summed E-state index contributed by atoms with van der Waals surface area (Å²) in [6, 6.07) is 6.21. The molecule has 0 saturated carbocycles. The fourth-order valence-corrected chi connectivity index (χ4v) is 2.05. The zero-order valence-electron chi connectivity index (χ0n) is 12.2. The third-order valence-electron chi connectivity index (χ3n) is 3.24. The van der Waals surface area contributed by atoms with Gasteiger partial charge in [0.2, 0.25) is 0 Å². The second kappa shape index (κ2) is 8.35. The molecule has 2 N–H and O–H groups in total. The van der Waals surface area contributed by atoms with Crippen LogP contribution in [0.3, 0.4) is 0 Å². The number of carbonyl (C=O) groups is 2. The van der Waals surface area contributed by atoms with Gasteiger partial charge in [0.05, 0.1) is 5.56 Å². The van der Waals surface area contributed by atoms with E-state index in [9.17, 15) is 9.59 Å². The van der Waals surface area contributed by atoms with Gasteiger partial charge in [0.1, 0.15) is 0 Å². The molecule has 1 amide bonds. The minimum Gasteiger partial charge on any atom is -0.478 e. The Morgan fingerprint density at radius 1 is 1.20 bits per heavy atom. The Bertz CT molecular complexity index is 457. The molecule has 0 aliphatic rings. The van der Waals surface area contributed by atoms with Gasteiger partial charge >= 0.3 is 5.97 Å². The highest BCUT2D eigenvalue weighted by atomic mass is 16.4. The highest BCUT2D eigenvalue weighted by molar-refractivity contribution is 5.97. The number of carboxylic acid groups (broad SMARTS) is 1. The Hall–Kier alpha value is -1.84. The van der Waals surface area contributed by atoms with Gasteiger partial charge in [-0.1, -0.05) is 38.7 Å². The van der Waals surface area contributed by atoms with Crippen molar-refractivity contribution in [2.24, 2.45) is 0 Å². The van der Waals surface area contributed by atoms with Crippen LogP contribution in [0, 0.1) is 0 Å². The maximum absolute atomic E-state index is 12.0. The average Bonchev–Trinajstić information content (AvgIpc) is 2.43. The lowest BCUT2D eigenvalue weighted by Gasteiger charge is -2.14. The minimum atomic E-state index is -1.02. The predicted octanol–water partition coefficient (Wildman–Crippen LogP) is 3.47. The molecule has 0 saturated heterocycles. The Labute approximate surface area is 120 Å². The zero-order chi connectivity index (χ0) is 15.0. The maximum Gasteiger partial charge on any atom is 0.335 e. The monoisotopic (exact) mass is 277 g/mol. The van der Waals surface area contributed by atoms with Crippen LogP contribution < -0.4 is 5.32 Å². The number of hydrogen-bond acceptors (Lipinski definition) is 2. The van der Waals surface area contributed by atoms with Crippen LogP contribution in [-0.4, -0.2) is 23.0 Å². The van der Waals surface area contributed by atoms with Crippen molar-refractivity contribution in [2.45, 2.75) is 52.0 Å². The molecule has 0 spiro atoms. The van der Waals surface area contributed by atoms with Crippen molar-refractivity contribution >= 4 is 11.9 Å². The number of rotatable bonds is 8. The SMILES string of the molecule is CCCCCCC(C)NC(=O)c1cccc(C(=O)O)c1. The molecule has 0 aliphatic heterocycles. The summed E-state index contributed by atoms with van der Waals surface area (Å²) in [6.07, 6.45) is 5.66. The summed E-state index contributed by atoms with van der Waals surface area (Å²) < 4.78 is 0. The highest BCUT2D eigenvalue weighted by Crippen LogP contribution is 2.08. The summed E-state index contributed by atoms with van der Waals surface area (Å²) in [6.45, 7) is 4.14. The van der Waals surface area contributed by atoms with Crippen LogP contribution in [0.15, 0.2) is 24.3 Å². The van der Waals surface area contributed by atoms with Gasteiger partial charge in [-0.25, -0.2) is 4.79 Å². The van der Waals surface area contributed by atoms with Crippen molar-refractivity contribution in [3.63, 3.8) is 0 Å². The number of amides is 1. The molecule has 0 bridgehead atoms. The van der Waals surface area contributed by atoms with E-state index in [0.717, 1.165) is 12.8 Å². The Morgan fingerprint density at radius 3 is 2.55 bits per heavy atom. The zero-order valence-corrected chi connectivity index (χ0v) is 12.2. The molecule has 0 aromatic heterocycles. The van der Waals surface area contributed by atoms with E-state index in [1.165, 1.54) is 31.4 Å². The molecule has 1 unspecified atom stereocenters. The van der Waals surface area contributed by atoms with E-state index >= 15 is 0 Å². The largest absolute Gasteiger partial charge is 0.478 e. The van der Waals surface area contributed by atoms with Crippen LogP contribution in [0.25, 0.3) is 0 Å². The van der Waals surface area contributed by atoms with E-state index in [-0.39, 0.29) is 17.5 Å². The molecule has 0 heterocycles. The third-order valence-corrected chi connectivity index (χ3v) is 3.24. The number of carbonyl (C=O) groups excluding carboxylic acids is 1. The van der Waals surface area contributed by atoms with Crippen molar-refractivity contribution in [1.29, 1.82) is 0 Å². The summed E-state index contributed by atoms with van der Waals surface area (Å²) in [4.78, 5) is 22.9. The molecule has 0 fully saturated rings. The summed E-state index contributed by atoms with van der Waals surface area (Å²) in [5.74, 6) is -1.23. The van der Waals surface area contributed by atoms with Crippen LogP contribution >= 0.6 is 0 Å². The quantitative estimate of drug-likeness (QED) is 0.715. The molecule has 4 nitrogen and oxygen atoms in total. The number of unbranched alkanes of at least 4 members (excludes halogenated alkanes) is 3. The first-order chi connectivity index (χ1) is 9.54. The first-order valence-corrected chi connectivity index (χ1v) is 7.18. The van der Waals surface area contributed by atoms with Crippen LogP contribution in [0.1, 0.15) is 66.7 Å². The Morgan fingerprint density at radius 2 is 1.90 bits per heavy atom. The second-order valence-corrected chi connectivity index (χ2v) is 5.11. The van der Waals surface area contributed by atoms with E-state index in [2.05, 4.69) is 12.2 Å². The fraction of sp³-hybridized carbons (Fsp3) is 0.500. The first kappa shape index (κ1) is 16.2. The molecule has 1 rings (SSSR count). The minimum absolute atomic E-state index is 0.104. The van der Waals surface area contributed by atoms with E-state index in [4.69, 9.17) is 5.11 Å². The third kappa shape index (κ3) is 5.43. The van der Waals surface area contributed by atoms with E-state index in [0.29, 0.717) is 5.56 Å². The number of hydrogen-bond donors (Lipinski definition) is 2. The van der Waals surface area contributed by atoms with Crippen LogP contribution in [0.5, 0.6) is 0 Å². The summed E-state index contributed by atoms with van der Waals surface area (Å²) in [5, 5.41) is 11.8. The van der Waals surface area contributed by atoms with Crippen molar-refractivity contribution in [3.05, 3.63) is 35.4 Å². The summed E-state index contributed by atoms with van der Waals surface area (Å²) in [7, 11) is 0. The molecule has 0 radical (unpaired) electrons. The highest BCUT2D eigenvalue weighted by Gasteiger charge is 2.11. The Balaban J connectivity index is 2.49. The molecule has 20 heavy (non-hydrogen) atoms. The molecule has 0 aliphatic carbocycles. The van der Waals surface area contributed by atoms with Crippen molar-refractivity contribution in [3.8, 4) is 0 Å². The van der Waals surface area contributed by atoms with E-state index < -0.39 is 5.97 Å². The lowest BCUT2D eigenvalue weighted by Crippen LogP contribution is -2.32. The van der Waals surface area contributed by atoms with Gasteiger partial charge in [-0.15, -0.1) is 0 Å². The Kier molecular flexibility index (Phi) is 6.77. The second-order valence-electron chi connectivity index (χ2n) is 5.11. The maximum atomic E-state index is 12.0. The fourth-order valence-electron chi connectivity index (χ4n) is 2.05. The van der Waals surface area contributed by atoms with Gasteiger partial charge in [-0.05, 0) is 31.5 Å². The average molecular weight is 277 g/mol. The topological polar surface area (TPSA) is 66.4 Å². The lowest BCUT2D eigenvalue weighted by atomic mass is 10.1. The number of benzene rings is 1. The van der Waals surface area contributed by atoms with Crippen LogP contribution in [0.2, 0.25) is 0 Å². The van der Waals surface area contributed by atoms with Gasteiger partial charge < -0.3 is 10.4 Å². The van der Waals surface area contributed by atoms with E-state index in [1.807, 2.05) is 6.92 Å². The standard InChI is InChI=1S/C16H23NO3/c1-3-4-5-6-8-12(2)17-15(18)13-9-7-10-14(11-13)16(19)20/h7,9-12H,3-6,8H2,1-2H3,(H,17,18)(H,19,20). The van der Waals surface area contributed by atoms with Gasteiger partial charge in [0.25, 0.3) is 5.91 Å². The summed E-state index contributed by atoms with van der Waals surface area (Å²) in [5.41, 5.74) is 0.526. The van der Waals surface area contributed by atoms with Gasteiger partial charge in [0.15, 0.2) is 0 Å². The molecular formula is C16H23NO3. The number of nitrogens with one attached hydrogen (secondary N) is 1. The molecule has 1 aromatic rings. The number of aromatic carboxylic acids is 1. The smallest absolute Gasteiger partial charge is 0.335 e. The van der Waals surface area contributed by atoms with Crippen LogP contribution in [0.4, 0.5) is 0 Å². The van der Waals surface area contributed by atoms with E-state index in [1.54, 1.807) is 12.1 Å². The molecule has 1 aromatic carbocycles. The molecule has 1 atom stereocenters. The van der Waals surface area contributed by atoms with Gasteiger partial charge in [0, 0.05) is 11.6 Å². The predicted molar refractivity (Wildman–Crippen MR) is 79.1 cm³/mol.